The van der Waals surface area contributed by atoms with Crippen LogP contribution in [-0.4, -0.2) is 27.1 Å². The van der Waals surface area contributed by atoms with E-state index in [-0.39, 0.29) is 0 Å². The molecule has 0 spiro atoms. The minimum Gasteiger partial charge on any atom is -0.235 e. The lowest BCUT2D eigenvalue weighted by molar-refractivity contribution is 0.455. The number of thiazole rings is 1. The van der Waals surface area contributed by atoms with Crippen molar-refractivity contribution < 1.29 is 4.21 Å². The van der Waals surface area contributed by atoms with Crippen LogP contribution in [0.5, 0.6) is 0 Å². The fourth-order valence-electron chi connectivity index (χ4n) is 1.58. The van der Waals surface area contributed by atoms with Crippen molar-refractivity contribution in [1.82, 2.24) is 9.29 Å². The van der Waals surface area contributed by atoms with Gasteiger partial charge >= 0.3 is 0 Å². The maximum Gasteiger partial charge on any atom is 0.197 e. The molecule has 0 aliphatic carbocycles. The molecule has 0 saturated carbocycles. The van der Waals surface area contributed by atoms with Gasteiger partial charge in [-0.25, -0.2) is 13.5 Å². The van der Waals surface area contributed by atoms with E-state index in [1.165, 1.54) is 11.3 Å². The molecule has 1 heterocycles. The standard InChI is InChI=1S/C13H18N2OS2/c1-10(2)8-9-15(3)18(16)13-14-11-6-4-5-7-12(11)17-13/h4-7,10H,8-9H2,1-3H3. The monoisotopic (exact) mass is 282 g/mol. The Kier molecular flexibility index (Phi) is 4.48. The van der Waals surface area contributed by atoms with Crippen LogP contribution in [0.3, 0.4) is 0 Å². The van der Waals surface area contributed by atoms with Crippen molar-refractivity contribution in [3.63, 3.8) is 0 Å². The second-order valence-corrected chi connectivity index (χ2v) is 7.53. The van der Waals surface area contributed by atoms with Crippen molar-refractivity contribution in [3.8, 4) is 0 Å². The van der Waals surface area contributed by atoms with Gasteiger partial charge in [0.15, 0.2) is 15.3 Å². The second-order valence-electron chi connectivity index (χ2n) is 4.73. The largest absolute Gasteiger partial charge is 0.235 e. The molecule has 2 rings (SSSR count). The molecule has 0 fully saturated rings. The zero-order valence-electron chi connectivity index (χ0n) is 10.9. The van der Waals surface area contributed by atoms with Gasteiger partial charge in [-0.2, -0.15) is 0 Å². The molecule has 1 aromatic carbocycles. The van der Waals surface area contributed by atoms with Crippen molar-refractivity contribution in [1.29, 1.82) is 0 Å². The first kappa shape index (κ1) is 13.6. The fourth-order valence-corrected chi connectivity index (χ4v) is 3.93. The molecule has 1 aromatic heterocycles. The highest BCUT2D eigenvalue weighted by atomic mass is 32.2. The van der Waals surface area contributed by atoms with Crippen molar-refractivity contribution in [2.45, 2.75) is 24.6 Å². The Bertz CT molecular complexity index is 518. The third-order valence-electron chi connectivity index (χ3n) is 2.73. The summed E-state index contributed by atoms with van der Waals surface area (Å²) >= 11 is 1.52. The molecule has 0 amide bonds. The molecule has 1 unspecified atom stereocenters. The number of fused-ring (bicyclic) bond motifs is 1. The average molecular weight is 282 g/mol. The summed E-state index contributed by atoms with van der Waals surface area (Å²) in [5.74, 6) is 0.625. The van der Waals surface area contributed by atoms with E-state index >= 15 is 0 Å². The third kappa shape index (κ3) is 3.16. The lowest BCUT2D eigenvalue weighted by Crippen LogP contribution is -2.23. The lowest BCUT2D eigenvalue weighted by atomic mass is 10.1. The van der Waals surface area contributed by atoms with Crippen molar-refractivity contribution in [2.75, 3.05) is 13.6 Å². The van der Waals surface area contributed by atoms with Gasteiger partial charge < -0.3 is 0 Å². The Morgan fingerprint density at radius 2 is 2.11 bits per heavy atom. The summed E-state index contributed by atoms with van der Waals surface area (Å²) in [5, 5.41) is 0. The van der Waals surface area contributed by atoms with E-state index in [1.807, 2.05) is 35.6 Å². The van der Waals surface area contributed by atoms with Gasteiger partial charge in [-0.15, -0.1) is 11.3 Å². The number of aromatic nitrogens is 1. The van der Waals surface area contributed by atoms with Crippen molar-refractivity contribution in [3.05, 3.63) is 24.3 Å². The lowest BCUT2D eigenvalue weighted by Gasteiger charge is -2.14. The highest BCUT2D eigenvalue weighted by Crippen LogP contribution is 2.25. The summed E-state index contributed by atoms with van der Waals surface area (Å²) in [7, 11) is 0.757. The smallest absolute Gasteiger partial charge is 0.197 e. The Morgan fingerprint density at radius 3 is 2.78 bits per heavy atom. The van der Waals surface area contributed by atoms with Crippen LogP contribution in [-0.2, 0) is 11.0 Å². The molecule has 3 nitrogen and oxygen atoms in total. The van der Waals surface area contributed by atoms with Crippen LogP contribution in [0.25, 0.3) is 10.2 Å². The number of nitrogens with zero attached hydrogens (tertiary/aromatic N) is 2. The van der Waals surface area contributed by atoms with E-state index in [0.717, 1.165) is 23.2 Å². The maximum atomic E-state index is 12.3. The van der Waals surface area contributed by atoms with E-state index in [1.54, 1.807) is 0 Å². The van der Waals surface area contributed by atoms with Crippen molar-refractivity contribution in [2.24, 2.45) is 5.92 Å². The van der Waals surface area contributed by atoms with E-state index in [9.17, 15) is 4.21 Å². The topological polar surface area (TPSA) is 33.2 Å². The van der Waals surface area contributed by atoms with Gasteiger partial charge in [-0.1, -0.05) is 26.0 Å². The zero-order valence-corrected chi connectivity index (χ0v) is 12.6. The maximum absolute atomic E-state index is 12.3. The average Bonchev–Trinajstić information content (AvgIpc) is 2.78. The first-order chi connectivity index (χ1) is 8.58. The van der Waals surface area contributed by atoms with Crippen LogP contribution in [0.4, 0.5) is 0 Å². The van der Waals surface area contributed by atoms with Gasteiger partial charge in [0.2, 0.25) is 0 Å². The van der Waals surface area contributed by atoms with Gasteiger partial charge in [0.1, 0.15) is 0 Å². The number of para-hydroxylation sites is 1. The molecule has 0 bridgehead atoms. The van der Waals surface area contributed by atoms with E-state index < -0.39 is 11.0 Å². The number of benzene rings is 1. The molecule has 0 aliphatic heterocycles. The van der Waals surface area contributed by atoms with Crippen LogP contribution < -0.4 is 0 Å². The molecule has 2 aromatic rings. The Balaban J connectivity index is 2.12. The number of hydrogen-bond donors (Lipinski definition) is 0. The molecule has 0 aliphatic rings. The third-order valence-corrected chi connectivity index (χ3v) is 5.38. The second kappa shape index (κ2) is 5.91. The predicted octanol–water partition coefficient (Wildman–Crippen LogP) is 3.30. The van der Waals surface area contributed by atoms with Gasteiger partial charge in [-0.05, 0) is 24.5 Å². The van der Waals surface area contributed by atoms with Gasteiger partial charge in [-0.3, -0.25) is 0 Å². The van der Waals surface area contributed by atoms with E-state index in [4.69, 9.17) is 0 Å². The van der Waals surface area contributed by atoms with Crippen LogP contribution >= 0.6 is 11.3 Å². The minimum absolute atomic E-state index is 0.625. The molecule has 98 valence electrons. The summed E-state index contributed by atoms with van der Waals surface area (Å²) < 4.78 is 16.0. The quantitative estimate of drug-likeness (QED) is 0.843. The predicted molar refractivity (Wildman–Crippen MR) is 78.1 cm³/mol. The molecular formula is C13H18N2OS2. The summed E-state index contributed by atoms with van der Waals surface area (Å²) in [6, 6.07) is 7.91. The molecule has 1 atom stereocenters. The summed E-state index contributed by atoms with van der Waals surface area (Å²) in [4.78, 5) is 4.44. The Labute approximate surface area is 114 Å². The SMILES string of the molecule is CC(C)CCN(C)S(=O)c1nc2ccccc2s1. The van der Waals surface area contributed by atoms with Crippen LogP contribution in [0.1, 0.15) is 20.3 Å². The molecule has 0 N–H and O–H groups in total. The molecular weight excluding hydrogens is 264 g/mol. The molecule has 0 radical (unpaired) electrons. The highest BCUT2D eigenvalue weighted by molar-refractivity contribution is 7.85. The fraction of sp³-hybridized carbons (Fsp3) is 0.462. The van der Waals surface area contributed by atoms with Crippen LogP contribution in [0, 0.1) is 5.92 Å². The summed E-state index contributed by atoms with van der Waals surface area (Å²) in [6.45, 7) is 5.18. The van der Waals surface area contributed by atoms with Gasteiger partial charge in [0.25, 0.3) is 0 Å². The summed E-state index contributed by atoms with van der Waals surface area (Å²) in [5.41, 5.74) is 0.933. The van der Waals surface area contributed by atoms with E-state index in [2.05, 4.69) is 18.8 Å². The van der Waals surface area contributed by atoms with Gasteiger partial charge in [0.05, 0.1) is 10.2 Å². The first-order valence-corrected chi connectivity index (χ1v) is 7.99. The molecule has 5 heteroatoms. The first-order valence-electron chi connectivity index (χ1n) is 6.06. The number of rotatable bonds is 5. The van der Waals surface area contributed by atoms with Gasteiger partial charge in [0, 0.05) is 13.6 Å². The Hall–Kier alpha value is -0.780. The zero-order chi connectivity index (χ0) is 13.1. The normalized spacial score (nSPS) is 13.6. The Morgan fingerprint density at radius 1 is 1.39 bits per heavy atom. The summed E-state index contributed by atoms with van der Waals surface area (Å²) in [6.07, 6.45) is 1.05. The highest BCUT2D eigenvalue weighted by Gasteiger charge is 2.15. The van der Waals surface area contributed by atoms with E-state index in [0.29, 0.717) is 10.3 Å². The minimum atomic E-state index is -1.14. The number of hydrogen-bond acceptors (Lipinski definition) is 3. The molecule has 18 heavy (non-hydrogen) atoms. The van der Waals surface area contributed by atoms with Crippen LogP contribution in [0.15, 0.2) is 28.6 Å². The molecule has 0 saturated heterocycles. The van der Waals surface area contributed by atoms with Crippen molar-refractivity contribution >= 4 is 32.5 Å². The van der Waals surface area contributed by atoms with Crippen LogP contribution in [0.2, 0.25) is 0 Å².